The fourth-order valence-electron chi connectivity index (χ4n) is 3.38. The number of aryl methyl sites for hydroxylation is 1. The van der Waals surface area contributed by atoms with Gasteiger partial charge in [0.15, 0.2) is 0 Å². The van der Waals surface area contributed by atoms with Crippen molar-refractivity contribution in [2.45, 2.75) is 26.3 Å². The second-order valence-corrected chi connectivity index (χ2v) is 6.41. The molecule has 0 bridgehead atoms. The molecule has 0 aliphatic carbocycles. The molecule has 5 heteroatoms. The van der Waals surface area contributed by atoms with Crippen molar-refractivity contribution in [1.82, 2.24) is 14.8 Å². The molecule has 1 aromatic carbocycles. The summed E-state index contributed by atoms with van der Waals surface area (Å²) < 4.78 is 6.86. The second kappa shape index (κ2) is 7.81. The van der Waals surface area contributed by atoms with Crippen LogP contribution in [-0.4, -0.2) is 55.3 Å². The Kier molecular flexibility index (Phi) is 5.53. The lowest BCUT2D eigenvalue weighted by Gasteiger charge is -2.26. The Hall–Kier alpha value is -1.85. The van der Waals surface area contributed by atoms with Crippen LogP contribution >= 0.6 is 0 Å². The molecular formula is C19H27N3O2. The van der Waals surface area contributed by atoms with E-state index >= 15 is 0 Å². The molecule has 0 radical (unpaired) electrons. The van der Waals surface area contributed by atoms with Crippen LogP contribution in [-0.2, 0) is 28.9 Å². The Morgan fingerprint density at radius 3 is 2.79 bits per heavy atom. The highest BCUT2D eigenvalue weighted by atomic mass is 16.5. The van der Waals surface area contributed by atoms with Gasteiger partial charge in [-0.05, 0) is 36.1 Å². The van der Waals surface area contributed by atoms with Crippen molar-refractivity contribution in [3.8, 4) is 0 Å². The quantitative estimate of drug-likeness (QED) is 0.821. The second-order valence-electron chi connectivity index (χ2n) is 6.41. The number of nitrogens with one attached hydrogen (secondary N) is 1. The van der Waals surface area contributed by atoms with Gasteiger partial charge in [-0.15, -0.1) is 0 Å². The summed E-state index contributed by atoms with van der Waals surface area (Å²) in [6.07, 6.45) is 4.16. The molecule has 2 heterocycles. The lowest BCUT2D eigenvalue weighted by molar-refractivity contribution is -0.141. The van der Waals surface area contributed by atoms with E-state index in [2.05, 4.69) is 41.5 Å². The SMILES string of the molecule is CCc1ccc2c(c1)c(CCN1CCNCC1)cn2CC(=O)OC. The zero-order valence-corrected chi connectivity index (χ0v) is 14.7. The van der Waals surface area contributed by atoms with Gasteiger partial charge < -0.3 is 19.5 Å². The third-order valence-electron chi connectivity index (χ3n) is 4.87. The van der Waals surface area contributed by atoms with E-state index in [4.69, 9.17) is 4.74 Å². The molecule has 1 N–H and O–H groups in total. The van der Waals surface area contributed by atoms with Crippen molar-refractivity contribution >= 4 is 16.9 Å². The molecular weight excluding hydrogens is 302 g/mol. The summed E-state index contributed by atoms with van der Waals surface area (Å²) in [5.41, 5.74) is 3.78. The Morgan fingerprint density at radius 1 is 1.29 bits per heavy atom. The summed E-state index contributed by atoms with van der Waals surface area (Å²) in [7, 11) is 1.44. The van der Waals surface area contributed by atoms with Gasteiger partial charge in [-0.2, -0.15) is 0 Å². The van der Waals surface area contributed by atoms with Crippen LogP contribution in [0.3, 0.4) is 0 Å². The van der Waals surface area contributed by atoms with Gasteiger partial charge >= 0.3 is 5.97 Å². The predicted octanol–water partition coefficient (Wildman–Crippen LogP) is 1.82. The molecule has 0 unspecified atom stereocenters. The molecule has 1 aliphatic heterocycles. The monoisotopic (exact) mass is 329 g/mol. The number of piperazine rings is 1. The molecule has 130 valence electrons. The van der Waals surface area contributed by atoms with E-state index in [1.54, 1.807) is 0 Å². The van der Waals surface area contributed by atoms with Gasteiger partial charge in [-0.25, -0.2) is 0 Å². The van der Waals surface area contributed by atoms with Crippen LogP contribution in [0.25, 0.3) is 10.9 Å². The maximum Gasteiger partial charge on any atom is 0.325 e. The van der Waals surface area contributed by atoms with E-state index in [-0.39, 0.29) is 12.5 Å². The number of esters is 1. The largest absolute Gasteiger partial charge is 0.468 e. The molecule has 24 heavy (non-hydrogen) atoms. The number of nitrogens with zero attached hydrogens (tertiary/aromatic N) is 2. The number of hydrogen-bond acceptors (Lipinski definition) is 4. The highest BCUT2D eigenvalue weighted by molar-refractivity contribution is 5.86. The van der Waals surface area contributed by atoms with Crippen LogP contribution in [0.4, 0.5) is 0 Å². The summed E-state index contributed by atoms with van der Waals surface area (Å²) in [6.45, 7) is 7.88. The molecule has 5 nitrogen and oxygen atoms in total. The van der Waals surface area contributed by atoms with Crippen LogP contribution in [0.5, 0.6) is 0 Å². The fourth-order valence-corrected chi connectivity index (χ4v) is 3.38. The van der Waals surface area contributed by atoms with Crippen LogP contribution in [0, 0.1) is 0 Å². The minimum Gasteiger partial charge on any atom is -0.468 e. The van der Waals surface area contributed by atoms with Crippen molar-refractivity contribution in [1.29, 1.82) is 0 Å². The predicted molar refractivity (Wildman–Crippen MR) is 96.3 cm³/mol. The van der Waals surface area contributed by atoms with Crippen LogP contribution in [0.2, 0.25) is 0 Å². The first-order chi connectivity index (χ1) is 11.7. The number of methoxy groups -OCH3 is 1. The first-order valence-corrected chi connectivity index (χ1v) is 8.81. The molecule has 0 saturated carbocycles. The van der Waals surface area contributed by atoms with E-state index in [0.29, 0.717) is 0 Å². The number of benzene rings is 1. The first-order valence-electron chi connectivity index (χ1n) is 8.81. The van der Waals surface area contributed by atoms with Gasteiger partial charge in [-0.3, -0.25) is 4.79 Å². The third kappa shape index (κ3) is 3.79. The molecule has 2 aromatic rings. The number of hydrogen-bond donors (Lipinski definition) is 1. The van der Waals surface area contributed by atoms with Gasteiger partial charge in [0.2, 0.25) is 0 Å². The Balaban J connectivity index is 1.85. The maximum atomic E-state index is 11.7. The Morgan fingerprint density at radius 2 is 2.08 bits per heavy atom. The number of fused-ring (bicyclic) bond motifs is 1. The topological polar surface area (TPSA) is 46.5 Å². The van der Waals surface area contributed by atoms with Crippen LogP contribution < -0.4 is 5.32 Å². The summed E-state index contributed by atoms with van der Waals surface area (Å²) >= 11 is 0. The molecule has 1 saturated heterocycles. The fraction of sp³-hybridized carbons (Fsp3) is 0.526. The highest BCUT2D eigenvalue weighted by Gasteiger charge is 2.14. The standard InChI is InChI=1S/C19H27N3O2/c1-3-15-4-5-18-17(12-15)16(13-22(18)14-19(23)24-2)6-9-21-10-7-20-8-11-21/h4-5,12-13,20H,3,6-11,14H2,1-2H3. The minimum absolute atomic E-state index is 0.208. The number of rotatable bonds is 6. The van der Waals surface area contributed by atoms with E-state index < -0.39 is 0 Å². The number of aromatic nitrogens is 1. The highest BCUT2D eigenvalue weighted by Crippen LogP contribution is 2.24. The van der Waals surface area contributed by atoms with Gasteiger partial charge in [0, 0.05) is 49.8 Å². The zero-order chi connectivity index (χ0) is 16.9. The maximum absolute atomic E-state index is 11.7. The molecule has 1 fully saturated rings. The van der Waals surface area contributed by atoms with E-state index in [1.165, 1.54) is 23.6 Å². The lowest BCUT2D eigenvalue weighted by atomic mass is 10.1. The van der Waals surface area contributed by atoms with Crippen molar-refractivity contribution in [2.75, 3.05) is 39.8 Å². The molecule has 1 aliphatic rings. The molecule has 1 aromatic heterocycles. The number of carbonyl (C=O) groups is 1. The Labute approximate surface area is 143 Å². The van der Waals surface area contributed by atoms with Crippen molar-refractivity contribution in [2.24, 2.45) is 0 Å². The van der Waals surface area contributed by atoms with Crippen LogP contribution in [0.1, 0.15) is 18.1 Å². The summed E-state index contributed by atoms with van der Waals surface area (Å²) in [5, 5.41) is 4.66. The van der Waals surface area contributed by atoms with Gasteiger partial charge in [-0.1, -0.05) is 13.0 Å². The zero-order valence-electron chi connectivity index (χ0n) is 14.7. The van der Waals surface area contributed by atoms with Crippen LogP contribution in [0.15, 0.2) is 24.4 Å². The lowest BCUT2D eigenvalue weighted by Crippen LogP contribution is -2.44. The van der Waals surface area contributed by atoms with Crippen molar-refractivity contribution in [3.63, 3.8) is 0 Å². The van der Waals surface area contributed by atoms with E-state index in [9.17, 15) is 4.79 Å². The van der Waals surface area contributed by atoms with Gasteiger partial charge in [0.05, 0.1) is 7.11 Å². The average Bonchev–Trinajstić information content (AvgIpc) is 2.97. The van der Waals surface area contributed by atoms with E-state index in [1.807, 2.05) is 4.57 Å². The average molecular weight is 329 g/mol. The summed E-state index contributed by atoms with van der Waals surface area (Å²) in [5.74, 6) is -0.208. The van der Waals surface area contributed by atoms with Crippen molar-refractivity contribution in [3.05, 3.63) is 35.5 Å². The summed E-state index contributed by atoms with van der Waals surface area (Å²) in [6, 6.07) is 6.55. The third-order valence-corrected chi connectivity index (χ3v) is 4.87. The van der Waals surface area contributed by atoms with Gasteiger partial charge in [0.1, 0.15) is 6.54 Å². The minimum atomic E-state index is -0.208. The Bertz CT molecular complexity index is 702. The molecule has 0 amide bonds. The molecule has 0 atom stereocenters. The van der Waals surface area contributed by atoms with Gasteiger partial charge in [0.25, 0.3) is 0 Å². The number of carbonyl (C=O) groups excluding carboxylic acids is 1. The van der Waals surface area contributed by atoms with Crippen molar-refractivity contribution < 1.29 is 9.53 Å². The smallest absolute Gasteiger partial charge is 0.325 e. The normalized spacial score (nSPS) is 15.8. The molecule has 3 rings (SSSR count). The van der Waals surface area contributed by atoms with E-state index in [0.717, 1.165) is 51.1 Å². The first kappa shape index (κ1) is 17.0. The number of ether oxygens (including phenoxy) is 1. The summed E-state index contributed by atoms with van der Waals surface area (Å²) in [4.78, 5) is 14.2. The molecule has 0 spiro atoms.